The van der Waals surface area contributed by atoms with E-state index in [4.69, 9.17) is 34.8 Å². The van der Waals surface area contributed by atoms with E-state index < -0.39 is 29.6 Å². The standard InChI is InChI=1S/C22H17Br2Cl3N2O3/c23-16-8-14-15(9-17(16)24)22(32)29(21(14)31)28(10-11-5-6-12(25)7-19(11)27)20(30)13-3-1-2-4-18(13)26/h1-7,14-17H,8-10H2/t14-,15+,16+,17-. The quantitative estimate of drug-likeness (QED) is 0.305. The first kappa shape index (κ1) is 24.0. The highest BCUT2D eigenvalue weighted by Gasteiger charge is 2.54. The zero-order chi connectivity index (χ0) is 23.2. The van der Waals surface area contributed by atoms with Crippen LogP contribution in [0.5, 0.6) is 0 Å². The molecule has 32 heavy (non-hydrogen) atoms. The second-order valence-electron chi connectivity index (χ2n) is 7.78. The third kappa shape index (κ3) is 4.47. The Hall–Kier alpha value is -1.12. The summed E-state index contributed by atoms with van der Waals surface area (Å²) in [6.07, 6.45) is 0.995. The highest BCUT2D eigenvalue weighted by Crippen LogP contribution is 2.44. The molecular formula is C22H17Br2Cl3N2O3. The summed E-state index contributed by atoms with van der Waals surface area (Å²) >= 11 is 25.8. The van der Waals surface area contributed by atoms with Crippen molar-refractivity contribution in [2.45, 2.75) is 29.0 Å². The number of carbonyl (C=O) groups excluding carboxylic acids is 3. The molecule has 1 aliphatic heterocycles. The highest BCUT2D eigenvalue weighted by atomic mass is 79.9. The zero-order valence-electron chi connectivity index (χ0n) is 16.5. The predicted molar refractivity (Wildman–Crippen MR) is 131 cm³/mol. The first-order valence-electron chi connectivity index (χ1n) is 9.85. The Labute approximate surface area is 217 Å². The monoisotopic (exact) mass is 620 g/mol. The van der Waals surface area contributed by atoms with Gasteiger partial charge < -0.3 is 0 Å². The second-order valence-corrected chi connectivity index (χ2v) is 11.4. The average Bonchev–Trinajstić information content (AvgIpc) is 2.98. The molecule has 4 rings (SSSR count). The van der Waals surface area contributed by atoms with Crippen molar-refractivity contribution in [1.82, 2.24) is 10.0 Å². The smallest absolute Gasteiger partial charge is 0.272 e. The fourth-order valence-electron chi connectivity index (χ4n) is 4.13. The molecule has 2 fully saturated rings. The van der Waals surface area contributed by atoms with Gasteiger partial charge in [-0.1, -0.05) is 84.9 Å². The van der Waals surface area contributed by atoms with Crippen molar-refractivity contribution in [3.63, 3.8) is 0 Å². The molecule has 3 amide bonds. The second kappa shape index (κ2) is 9.63. The van der Waals surface area contributed by atoms with Crippen LogP contribution in [0.3, 0.4) is 0 Å². The van der Waals surface area contributed by atoms with E-state index in [-0.39, 0.29) is 26.8 Å². The van der Waals surface area contributed by atoms with E-state index in [2.05, 4.69) is 31.9 Å². The molecule has 1 aliphatic carbocycles. The van der Waals surface area contributed by atoms with Crippen molar-refractivity contribution >= 4 is 84.4 Å². The Kier molecular flexibility index (Phi) is 7.23. The Morgan fingerprint density at radius 3 is 2.09 bits per heavy atom. The van der Waals surface area contributed by atoms with Crippen LogP contribution in [0.2, 0.25) is 15.1 Å². The molecule has 2 aliphatic rings. The molecule has 10 heteroatoms. The van der Waals surface area contributed by atoms with E-state index in [1.54, 1.807) is 42.5 Å². The molecular weight excluding hydrogens is 606 g/mol. The third-order valence-corrected chi connectivity index (χ3v) is 9.45. The number of rotatable bonds is 4. The van der Waals surface area contributed by atoms with E-state index in [0.717, 1.165) is 10.0 Å². The van der Waals surface area contributed by atoms with Gasteiger partial charge >= 0.3 is 0 Å². The minimum absolute atomic E-state index is 0.0545. The van der Waals surface area contributed by atoms with Gasteiger partial charge in [0, 0.05) is 19.7 Å². The lowest BCUT2D eigenvalue weighted by Gasteiger charge is -2.31. The number of fused-ring (bicyclic) bond motifs is 1. The molecule has 0 N–H and O–H groups in total. The van der Waals surface area contributed by atoms with Crippen molar-refractivity contribution in [2.24, 2.45) is 11.8 Å². The maximum absolute atomic E-state index is 13.6. The number of hydrazine groups is 1. The number of halogens is 5. The lowest BCUT2D eigenvalue weighted by atomic mass is 9.81. The Morgan fingerprint density at radius 1 is 0.938 bits per heavy atom. The summed E-state index contributed by atoms with van der Waals surface area (Å²) in [5, 5.41) is 3.12. The van der Waals surface area contributed by atoms with Crippen LogP contribution < -0.4 is 0 Å². The van der Waals surface area contributed by atoms with Gasteiger partial charge in [-0.15, -0.1) is 0 Å². The lowest BCUT2D eigenvalue weighted by Crippen LogP contribution is -2.50. The first-order chi connectivity index (χ1) is 15.2. The maximum atomic E-state index is 13.6. The summed E-state index contributed by atoms with van der Waals surface area (Å²) in [4.78, 5) is 40.4. The summed E-state index contributed by atoms with van der Waals surface area (Å²) < 4.78 is 0. The van der Waals surface area contributed by atoms with Gasteiger partial charge in [0.2, 0.25) is 0 Å². The van der Waals surface area contributed by atoms with E-state index in [1.165, 1.54) is 0 Å². The number of nitrogens with zero attached hydrogens (tertiary/aromatic N) is 2. The summed E-state index contributed by atoms with van der Waals surface area (Å²) in [5.41, 5.74) is 0.732. The molecule has 168 valence electrons. The van der Waals surface area contributed by atoms with E-state index in [1.807, 2.05) is 0 Å². The normalized spacial score (nSPS) is 25.1. The van der Waals surface area contributed by atoms with Gasteiger partial charge in [-0.3, -0.25) is 14.4 Å². The number of alkyl halides is 2. The molecule has 0 unspecified atom stereocenters. The van der Waals surface area contributed by atoms with Crippen LogP contribution in [-0.2, 0) is 16.1 Å². The maximum Gasteiger partial charge on any atom is 0.274 e. The van der Waals surface area contributed by atoms with Crippen molar-refractivity contribution < 1.29 is 14.4 Å². The fraction of sp³-hybridized carbons (Fsp3) is 0.318. The molecule has 5 nitrogen and oxygen atoms in total. The molecule has 0 bridgehead atoms. The number of amides is 3. The molecule has 4 atom stereocenters. The molecule has 0 aromatic heterocycles. The van der Waals surface area contributed by atoms with Crippen molar-refractivity contribution in [1.29, 1.82) is 0 Å². The van der Waals surface area contributed by atoms with Crippen molar-refractivity contribution in [3.8, 4) is 0 Å². The minimum atomic E-state index is -0.562. The van der Waals surface area contributed by atoms with Crippen molar-refractivity contribution in [2.75, 3.05) is 0 Å². The number of hydrogen-bond acceptors (Lipinski definition) is 3. The number of imide groups is 1. The van der Waals surface area contributed by atoms with Crippen LogP contribution in [-0.4, -0.2) is 37.4 Å². The summed E-state index contributed by atoms with van der Waals surface area (Å²) in [6.45, 7) is -0.0908. The largest absolute Gasteiger partial charge is 0.274 e. The predicted octanol–water partition coefficient (Wildman–Crippen LogP) is 6.13. The molecule has 1 saturated carbocycles. The number of hydrogen-bond donors (Lipinski definition) is 0. The topological polar surface area (TPSA) is 57.7 Å². The van der Waals surface area contributed by atoms with Crippen molar-refractivity contribution in [3.05, 3.63) is 68.7 Å². The van der Waals surface area contributed by atoms with Crippen LogP contribution in [0, 0.1) is 11.8 Å². The van der Waals surface area contributed by atoms with E-state index >= 15 is 0 Å². The van der Waals surface area contributed by atoms with Gasteiger partial charge in [0.1, 0.15) is 0 Å². The summed E-state index contributed by atoms with van der Waals surface area (Å²) in [6, 6.07) is 11.4. The Morgan fingerprint density at radius 2 is 1.53 bits per heavy atom. The zero-order valence-corrected chi connectivity index (χ0v) is 21.9. The van der Waals surface area contributed by atoms with E-state index in [0.29, 0.717) is 28.5 Å². The molecule has 0 spiro atoms. The molecule has 2 aromatic rings. The molecule has 2 aromatic carbocycles. The van der Waals surface area contributed by atoms with Crippen LogP contribution in [0.15, 0.2) is 42.5 Å². The highest BCUT2D eigenvalue weighted by molar-refractivity contribution is 9.12. The summed E-state index contributed by atoms with van der Waals surface area (Å²) in [5.74, 6) is -2.35. The fourth-order valence-corrected chi connectivity index (χ4v) is 6.06. The molecule has 1 saturated heterocycles. The lowest BCUT2D eigenvalue weighted by molar-refractivity contribution is -0.155. The average molecular weight is 624 g/mol. The van der Waals surface area contributed by atoms with Crippen LogP contribution >= 0.6 is 66.7 Å². The summed E-state index contributed by atoms with van der Waals surface area (Å²) in [7, 11) is 0. The third-order valence-electron chi connectivity index (χ3n) is 5.80. The van der Waals surface area contributed by atoms with Crippen LogP contribution in [0.4, 0.5) is 0 Å². The van der Waals surface area contributed by atoms with E-state index in [9.17, 15) is 14.4 Å². The van der Waals surface area contributed by atoms with Crippen LogP contribution in [0.25, 0.3) is 0 Å². The SMILES string of the molecule is O=C(c1ccccc1Cl)N(Cc1ccc(Cl)cc1Cl)N1C(=O)[C@H]2C[C@@H](Br)[C@@H](Br)C[C@H]2C1=O. The number of benzene rings is 2. The first-order valence-corrected chi connectivity index (χ1v) is 12.8. The van der Waals surface area contributed by atoms with Gasteiger partial charge in [0.15, 0.2) is 0 Å². The Balaban J connectivity index is 1.75. The van der Waals surface area contributed by atoms with Gasteiger partial charge in [0.25, 0.3) is 17.7 Å². The molecule has 1 heterocycles. The van der Waals surface area contributed by atoms with Gasteiger partial charge in [-0.2, -0.15) is 5.01 Å². The molecule has 0 radical (unpaired) electrons. The van der Waals surface area contributed by atoms with Crippen LogP contribution in [0.1, 0.15) is 28.8 Å². The minimum Gasteiger partial charge on any atom is -0.272 e. The Bertz CT molecular complexity index is 1070. The van der Waals surface area contributed by atoms with Gasteiger partial charge in [-0.25, -0.2) is 5.01 Å². The number of carbonyl (C=O) groups is 3. The van der Waals surface area contributed by atoms with Gasteiger partial charge in [0.05, 0.1) is 29.0 Å². The van der Waals surface area contributed by atoms with Gasteiger partial charge in [-0.05, 0) is 42.7 Å².